The van der Waals surface area contributed by atoms with Gasteiger partial charge in [0, 0.05) is 6.42 Å². The van der Waals surface area contributed by atoms with E-state index in [-0.39, 0.29) is 12.2 Å². The summed E-state index contributed by atoms with van der Waals surface area (Å²) >= 11 is 0. The van der Waals surface area contributed by atoms with Crippen molar-refractivity contribution in [3.63, 3.8) is 0 Å². The van der Waals surface area contributed by atoms with E-state index in [0.29, 0.717) is 52.1 Å². The Morgan fingerprint density at radius 1 is 1.00 bits per heavy atom. The maximum Gasteiger partial charge on any atom is 0.129 e. The number of fused-ring (bicyclic) bond motifs is 5. The number of ketones is 1. The molecule has 2 N–H and O–H groups in total. The first-order valence-corrected chi connectivity index (χ1v) is 12.0. The molecule has 3 nitrogen and oxygen atoms in total. The standard InChI is InChI=1S/C25H42O3/c1-15(5-6-16(2)26)19-7-8-20-23-21(10-12-25(19,20)4)24(3)11-9-18(27)13-17(24)14-22(23)28/h15,17-23,27-28H,5-14H2,1-4H3/t15?,17?,18-,19?,20?,21?,22-,23?,24+,25-/m1/s1. The van der Waals surface area contributed by atoms with Crippen molar-refractivity contribution in [3.8, 4) is 0 Å². The second kappa shape index (κ2) is 7.38. The molecule has 4 saturated carbocycles. The fourth-order valence-electron chi connectivity index (χ4n) is 8.81. The van der Waals surface area contributed by atoms with Crippen LogP contribution in [0.15, 0.2) is 0 Å². The summed E-state index contributed by atoms with van der Waals surface area (Å²) in [5.41, 5.74) is 0.637. The van der Waals surface area contributed by atoms with E-state index in [1.807, 2.05) is 0 Å². The predicted molar refractivity (Wildman–Crippen MR) is 112 cm³/mol. The van der Waals surface area contributed by atoms with Crippen LogP contribution < -0.4 is 0 Å². The van der Waals surface area contributed by atoms with Crippen molar-refractivity contribution in [2.75, 3.05) is 0 Å². The maximum absolute atomic E-state index is 11.5. The van der Waals surface area contributed by atoms with Crippen LogP contribution in [0.4, 0.5) is 0 Å². The molecule has 0 aliphatic heterocycles. The van der Waals surface area contributed by atoms with E-state index in [2.05, 4.69) is 20.8 Å². The van der Waals surface area contributed by atoms with Gasteiger partial charge >= 0.3 is 0 Å². The molecule has 4 aliphatic carbocycles. The Balaban J connectivity index is 1.55. The maximum atomic E-state index is 11.5. The van der Waals surface area contributed by atoms with Crippen LogP contribution in [0, 0.1) is 46.3 Å². The molecule has 10 atom stereocenters. The molecule has 0 radical (unpaired) electrons. The van der Waals surface area contributed by atoms with Crippen LogP contribution in [-0.4, -0.2) is 28.2 Å². The summed E-state index contributed by atoms with van der Waals surface area (Å²) < 4.78 is 0. The van der Waals surface area contributed by atoms with E-state index in [4.69, 9.17) is 0 Å². The van der Waals surface area contributed by atoms with E-state index < -0.39 is 0 Å². The van der Waals surface area contributed by atoms with E-state index in [1.165, 1.54) is 25.7 Å². The van der Waals surface area contributed by atoms with Crippen molar-refractivity contribution in [3.05, 3.63) is 0 Å². The van der Waals surface area contributed by atoms with Gasteiger partial charge in [-0.05, 0) is 111 Å². The third kappa shape index (κ3) is 3.20. The lowest BCUT2D eigenvalue weighted by atomic mass is 9.43. The third-order valence-electron chi connectivity index (χ3n) is 10.4. The molecule has 0 saturated heterocycles. The zero-order valence-electron chi connectivity index (χ0n) is 18.5. The summed E-state index contributed by atoms with van der Waals surface area (Å²) in [6, 6.07) is 0. The molecule has 160 valence electrons. The van der Waals surface area contributed by atoms with Gasteiger partial charge in [0.15, 0.2) is 0 Å². The van der Waals surface area contributed by atoms with Gasteiger partial charge in [0.2, 0.25) is 0 Å². The second-order valence-electron chi connectivity index (χ2n) is 11.7. The van der Waals surface area contributed by atoms with Crippen molar-refractivity contribution in [2.24, 2.45) is 46.3 Å². The van der Waals surface area contributed by atoms with Gasteiger partial charge in [-0.2, -0.15) is 0 Å². The quantitative estimate of drug-likeness (QED) is 0.711. The highest BCUT2D eigenvalue weighted by Gasteiger charge is 2.62. The van der Waals surface area contributed by atoms with Crippen molar-refractivity contribution in [1.29, 1.82) is 0 Å². The number of hydrogen-bond donors (Lipinski definition) is 2. The molecule has 0 aromatic rings. The largest absolute Gasteiger partial charge is 0.393 e. The average molecular weight is 391 g/mol. The highest BCUT2D eigenvalue weighted by molar-refractivity contribution is 5.75. The Hall–Kier alpha value is -0.410. The number of carbonyl (C=O) groups excluding carboxylic acids is 1. The Bertz CT molecular complexity index is 603. The summed E-state index contributed by atoms with van der Waals surface area (Å²) in [5.74, 6) is 3.81. The summed E-state index contributed by atoms with van der Waals surface area (Å²) in [6.45, 7) is 9.08. The minimum absolute atomic E-state index is 0.159. The van der Waals surface area contributed by atoms with Gasteiger partial charge in [-0.1, -0.05) is 20.8 Å². The van der Waals surface area contributed by atoms with Gasteiger partial charge in [0.25, 0.3) is 0 Å². The fraction of sp³-hybridized carbons (Fsp3) is 0.960. The van der Waals surface area contributed by atoms with Gasteiger partial charge in [-0.15, -0.1) is 0 Å². The monoisotopic (exact) mass is 390 g/mol. The van der Waals surface area contributed by atoms with Gasteiger partial charge in [-0.25, -0.2) is 0 Å². The lowest BCUT2D eigenvalue weighted by molar-refractivity contribution is -0.174. The summed E-state index contributed by atoms with van der Waals surface area (Å²) in [5, 5.41) is 21.5. The van der Waals surface area contributed by atoms with E-state index >= 15 is 0 Å². The molecule has 0 aromatic carbocycles. The van der Waals surface area contributed by atoms with Crippen LogP contribution in [0.1, 0.15) is 91.9 Å². The summed E-state index contributed by atoms with van der Waals surface area (Å²) in [6.07, 6.45) is 10.3. The third-order valence-corrected chi connectivity index (χ3v) is 10.4. The smallest absolute Gasteiger partial charge is 0.129 e. The first kappa shape index (κ1) is 20.8. The topological polar surface area (TPSA) is 57.5 Å². The zero-order chi connectivity index (χ0) is 20.3. The number of hydrogen-bond acceptors (Lipinski definition) is 3. The van der Waals surface area contributed by atoms with Crippen LogP contribution in [0.25, 0.3) is 0 Å². The highest BCUT2D eigenvalue weighted by atomic mass is 16.3. The minimum atomic E-state index is -0.190. The van der Waals surface area contributed by atoms with Gasteiger partial charge in [-0.3, -0.25) is 0 Å². The fourth-order valence-corrected chi connectivity index (χ4v) is 8.81. The molecular weight excluding hydrogens is 348 g/mol. The molecule has 0 heterocycles. The lowest BCUT2D eigenvalue weighted by Crippen LogP contribution is -2.58. The van der Waals surface area contributed by atoms with Crippen LogP contribution in [0.2, 0.25) is 0 Å². The average Bonchev–Trinajstić information content (AvgIpc) is 2.98. The van der Waals surface area contributed by atoms with E-state index in [9.17, 15) is 15.0 Å². The number of aliphatic hydroxyl groups is 2. The molecule has 4 aliphatic rings. The molecule has 0 amide bonds. The molecule has 0 spiro atoms. The summed E-state index contributed by atoms with van der Waals surface area (Å²) in [4.78, 5) is 11.5. The number of rotatable bonds is 4. The second-order valence-corrected chi connectivity index (χ2v) is 11.7. The molecule has 0 bridgehead atoms. The number of Topliss-reactive ketones (excluding diaryl/α,β-unsaturated/α-hetero) is 1. The van der Waals surface area contributed by atoms with Crippen molar-refractivity contribution < 1.29 is 15.0 Å². The van der Waals surface area contributed by atoms with Gasteiger partial charge in [0.1, 0.15) is 5.78 Å². The van der Waals surface area contributed by atoms with Crippen LogP contribution in [0.3, 0.4) is 0 Å². The van der Waals surface area contributed by atoms with Gasteiger partial charge < -0.3 is 15.0 Å². The normalized spacial score (nSPS) is 51.7. The first-order chi connectivity index (χ1) is 13.2. The Kier molecular flexibility index (Phi) is 5.49. The highest BCUT2D eigenvalue weighted by Crippen LogP contribution is 2.68. The van der Waals surface area contributed by atoms with Crippen LogP contribution in [-0.2, 0) is 4.79 Å². The molecule has 6 unspecified atom stereocenters. The molecule has 28 heavy (non-hydrogen) atoms. The zero-order valence-corrected chi connectivity index (χ0v) is 18.5. The molecule has 0 aromatic heterocycles. The Labute approximate surface area is 171 Å². The van der Waals surface area contributed by atoms with Crippen molar-refractivity contribution in [1.82, 2.24) is 0 Å². The predicted octanol–water partition coefficient (Wildman–Crippen LogP) is 4.98. The van der Waals surface area contributed by atoms with Crippen LogP contribution in [0.5, 0.6) is 0 Å². The van der Waals surface area contributed by atoms with E-state index in [0.717, 1.165) is 38.5 Å². The van der Waals surface area contributed by atoms with E-state index in [1.54, 1.807) is 6.92 Å². The molecule has 3 heteroatoms. The summed E-state index contributed by atoms with van der Waals surface area (Å²) in [7, 11) is 0. The Morgan fingerprint density at radius 2 is 1.68 bits per heavy atom. The molecule has 4 rings (SSSR count). The van der Waals surface area contributed by atoms with Crippen LogP contribution >= 0.6 is 0 Å². The van der Waals surface area contributed by atoms with Crippen molar-refractivity contribution in [2.45, 2.75) is 104 Å². The van der Waals surface area contributed by atoms with Crippen molar-refractivity contribution >= 4 is 5.78 Å². The Morgan fingerprint density at radius 3 is 2.39 bits per heavy atom. The SMILES string of the molecule is CC(=O)CCC(C)C1CCC2C3C(CC[C@]12C)[C@@]1(C)CC[C@@H](O)CC1C[C@H]3O. The lowest BCUT2D eigenvalue weighted by Gasteiger charge is -2.62. The number of aliphatic hydroxyl groups excluding tert-OH is 2. The first-order valence-electron chi connectivity index (χ1n) is 12.0. The number of carbonyl (C=O) groups is 1. The van der Waals surface area contributed by atoms with Gasteiger partial charge in [0.05, 0.1) is 12.2 Å². The minimum Gasteiger partial charge on any atom is -0.393 e. The molecule has 4 fully saturated rings. The molecular formula is C25H42O3.